The van der Waals surface area contributed by atoms with Crippen LogP contribution < -0.4 is 5.32 Å². The quantitative estimate of drug-likeness (QED) is 0.817. The molecule has 1 aromatic heterocycles. The lowest BCUT2D eigenvalue weighted by Gasteiger charge is -2.22. The van der Waals surface area contributed by atoms with Crippen LogP contribution in [0.3, 0.4) is 0 Å². The maximum atomic E-state index is 11.9. The van der Waals surface area contributed by atoms with Gasteiger partial charge in [0.05, 0.1) is 5.25 Å². The molecule has 0 spiro atoms. The molecule has 96 valence electrons. The standard InChI is InChI=1S/C10H19N5OS/c1-6-15-9(12-13-14-15)17-7(2)8(16)11-10(3,4)5/h7H,6H2,1-5H3,(H,11,16). The average Bonchev–Trinajstić information content (AvgIpc) is 2.62. The molecule has 0 radical (unpaired) electrons. The number of hydrogen-bond donors (Lipinski definition) is 1. The largest absolute Gasteiger partial charge is 0.351 e. The number of nitrogens with zero attached hydrogens (tertiary/aromatic N) is 4. The van der Waals surface area contributed by atoms with Crippen molar-refractivity contribution in [3.8, 4) is 0 Å². The number of carbonyl (C=O) groups excluding carboxylic acids is 1. The van der Waals surface area contributed by atoms with Gasteiger partial charge in [0, 0.05) is 12.1 Å². The lowest BCUT2D eigenvalue weighted by molar-refractivity contribution is -0.121. The molecule has 0 saturated heterocycles. The van der Waals surface area contributed by atoms with Crippen LogP contribution in [0, 0.1) is 0 Å². The van der Waals surface area contributed by atoms with Crippen LogP contribution in [-0.2, 0) is 11.3 Å². The summed E-state index contributed by atoms with van der Waals surface area (Å²) in [4.78, 5) is 11.9. The summed E-state index contributed by atoms with van der Waals surface area (Å²) < 4.78 is 1.67. The number of carbonyl (C=O) groups is 1. The molecular formula is C10H19N5OS. The summed E-state index contributed by atoms with van der Waals surface area (Å²) in [5, 5.41) is 14.7. The Morgan fingerprint density at radius 3 is 2.71 bits per heavy atom. The molecule has 0 aromatic carbocycles. The van der Waals surface area contributed by atoms with E-state index in [1.807, 2.05) is 34.6 Å². The molecular weight excluding hydrogens is 238 g/mol. The van der Waals surface area contributed by atoms with E-state index in [9.17, 15) is 4.79 Å². The SMILES string of the molecule is CCn1nnnc1SC(C)C(=O)NC(C)(C)C. The molecule has 1 atom stereocenters. The summed E-state index contributed by atoms with van der Waals surface area (Å²) in [7, 11) is 0. The van der Waals surface area contributed by atoms with Crippen LogP contribution in [0.5, 0.6) is 0 Å². The maximum Gasteiger partial charge on any atom is 0.233 e. The first-order valence-corrected chi connectivity index (χ1v) is 6.46. The summed E-state index contributed by atoms with van der Waals surface area (Å²) in [6.07, 6.45) is 0. The molecule has 1 N–H and O–H groups in total. The average molecular weight is 257 g/mol. The van der Waals surface area contributed by atoms with Gasteiger partial charge in [0.2, 0.25) is 11.1 Å². The van der Waals surface area contributed by atoms with Crippen LogP contribution >= 0.6 is 11.8 Å². The van der Waals surface area contributed by atoms with Gasteiger partial charge >= 0.3 is 0 Å². The fraction of sp³-hybridized carbons (Fsp3) is 0.800. The molecule has 0 aliphatic heterocycles. The predicted molar refractivity (Wildman–Crippen MR) is 66.7 cm³/mol. The molecule has 1 amide bonds. The Hall–Kier alpha value is -1.11. The van der Waals surface area contributed by atoms with Gasteiger partial charge in [-0.25, -0.2) is 4.68 Å². The van der Waals surface area contributed by atoms with Gasteiger partial charge in [-0.2, -0.15) is 0 Å². The van der Waals surface area contributed by atoms with Gasteiger partial charge in [0.1, 0.15) is 0 Å². The first-order chi connectivity index (χ1) is 7.83. The van der Waals surface area contributed by atoms with Crippen molar-refractivity contribution in [3.05, 3.63) is 0 Å². The highest BCUT2D eigenvalue weighted by Crippen LogP contribution is 2.20. The van der Waals surface area contributed by atoms with Crippen molar-refractivity contribution in [2.45, 2.75) is 57.1 Å². The zero-order valence-electron chi connectivity index (χ0n) is 10.9. The third kappa shape index (κ3) is 4.33. The van der Waals surface area contributed by atoms with Crippen molar-refractivity contribution in [2.75, 3.05) is 0 Å². The fourth-order valence-corrected chi connectivity index (χ4v) is 2.02. The smallest absolute Gasteiger partial charge is 0.233 e. The zero-order chi connectivity index (χ0) is 13.1. The topological polar surface area (TPSA) is 72.7 Å². The number of aromatic nitrogens is 4. The third-order valence-electron chi connectivity index (χ3n) is 1.95. The molecule has 0 aliphatic carbocycles. The normalized spacial score (nSPS) is 13.5. The van der Waals surface area contributed by atoms with Gasteiger partial charge in [-0.05, 0) is 45.0 Å². The molecule has 1 aromatic rings. The minimum absolute atomic E-state index is 0.00634. The minimum Gasteiger partial charge on any atom is -0.351 e. The van der Waals surface area contributed by atoms with Crippen molar-refractivity contribution in [3.63, 3.8) is 0 Å². The van der Waals surface area contributed by atoms with E-state index in [4.69, 9.17) is 0 Å². The summed E-state index contributed by atoms with van der Waals surface area (Å²) in [6, 6.07) is 0. The Labute approximate surface area is 106 Å². The van der Waals surface area contributed by atoms with Gasteiger partial charge in [0.25, 0.3) is 0 Å². The molecule has 1 heterocycles. The second-order valence-electron chi connectivity index (χ2n) is 4.78. The Kier molecular flexibility index (Phi) is 4.50. The van der Waals surface area contributed by atoms with Crippen LogP contribution in [0.15, 0.2) is 5.16 Å². The number of nitrogens with one attached hydrogen (secondary N) is 1. The van der Waals surface area contributed by atoms with Gasteiger partial charge in [-0.3, -0.25) is 4.79 Å². The molecule has 1 unspecified atom stereocenters. The van der Waals surface area contributed by atoms with E-state index in [0.717, 1.165) is 0 Å². The van der Waals surface area contributed by atoms with Crippen molar-refractivity contribution >= 4 is 17.7 Å². The highest BCUT2D eigenvalue weighted by Gasteiger charge is 2.22. The molecule has 0 fully saturated rings. The molecule has 0 aliphatic rings. The molecule has 6 nitrogen and oxygen atoms in total. The van der Waals surface area contributed by atoms with Gasteiger partial charge in [-0.15, -0.1) is 5.10 Å². The lowest BCUT2D eigenvalue weighted by Crippen LogP contribution is -2.44. The first-order valence-electron chi connectivity index (χ1n) is 5.58. The van der Waals surface area contributed by atoms with Gasteiger partial charge in [0.15, 0.2) is 0 Å². The number of thioether (sulfide) groups is 1. The van der Waals surface area contributed by atoms with Crippen molar-refractivity contribution in [1.29, 1.82) is 0 Å². The monoisotopic (exact) mass is 257 g/mol. The van der Waals surface area contributed by atoms with E-state index in [0.29, 0.717) is 11.7 Å². The molecule has 17 heavy (non-hydrogen) atoms. The molecule has 0 bridgehead atoms. The van der Waals surface area contributed by atoms with Crippen molar-refractivity contribution in [2.24, 2.45) is 0 Å². The van der Waals surface area contributed by atoms with E-state index in [1.54, 1.807) is 4.68 Å². The number of tetrazole rings is 1. The third-order valence-corrected chi connectivity index (χ3v) is 3.02. The van der Waals surface area contributed by atoms with E-state index < -0.39 is 0 Å². The number of amides is 1. The maximum absolute atomic E-state index is 11.9. The summed E-state index contributed by atoms with van der Waals surface area (Å²) in [6.45, 7) is 10.4. The van der Waals surface area contributed by atoms with Gasteiger partial charge < -0.3 is 5.32 Å². The first kappa shape index (κ1) is 14.0. The highest BCUT2D eigenvalue weighted by molar-refractivity contribution is 8.00. The lowest BCUT2D eigenvalue weighted by atomic mass is 10.1. The van der Waals surface area contributed by atoms with Gasteiger partial charge in [-0.1, -0.05) is 11.8 Å². The highest BCUT2D eigenvalue weighted by atomic mass is 32.2. The number of rotatable bonds is 4. The van der Waals surface area contributed by atoms with Crippen LogP contribution in [0.4, 0.5) is 0 Å². The summed E-state index contributed by atoms with van der Waals surface area (Å²) in [5.41, 5.74) is -0.220. The Morgan fingerprint density at radius 1 is 1.53 bits per heavy atom. The van der Waals surface area contributed by atoms with E-state index in [-0.39, 0.29) is 16.7 Å². The van der Waals surface area contributed by atoms with Crippen LogP contribution in [-0.4, -0.2) is 36.9 Å². The van der Waals surface area contributed by atoms with E-state index in [1.165, 1.54) is 11.8 Å². The second-order valence-corrected chi connectivity index (χ2v) is 6.08. The predicted octanol–water partition coefficient (Wildman–Crippen LogP) is 1.09. The van der Waals surface area contributed by atoms with E-state index >= 15 is 0 Å². The summed E-state index contributed by atoms with van der Waals surface area (Å²) >= 11 is 1.37. The van der Waals surface area contributed by atoms with Crippen molar-refractivity contribution in [1.82, 2.24) is 25.5 Å². The van der Waals surface area contributed by atoms with E-state index in [2.05, 4.69) is 20.8 Å². The number of hydrogen-bond acceptors (Lipinski definition) is 5. The van der Waals surface area contributed by atoms with Crippen LogP contribution in [0.2, 0.25) is 0 Å². The second kappa shape index (κ2) is 5.48. The van der Waals surface area contributed by atoms with Crippen LogP contribution in [0.1, 0.15) is 34.6 Å². The molecule has 1 rings (SSSR count). The Bertz CT molecular complexity index is 384. The summed E-state index contributed by atoms with van der Waals surface area (Å²) in [5.74, 6) is -0.00634. The molecule has 0 saturated carbocycles. The Morgan fingerprint density at radius 2 is 2.18 bits per heavy atom. The Balaban J connectivity index is 2.60. The van der Waals surface area contributed by atoms with Crippen molar-refractivity contribution < 1.29 is 4.79 Å². The van der Waals surface area contributed by atoms with Crippen LogP contribution in [0.25, 0.3) is 0 Å². The fourth-order valence-electron chi connectivity index (χ4n) is 1.16. The zero-order valence-corrected chi connectivity index (χ0v) is 11.7. The number of aryl methyl sites for hydroxylation is 1. The minimum atomic E-state index is -0.220. The molecule has 7 heteroatoms.